The van der Waals surface area contributed by atoms with Crippen LogP contribution in [0.4, 0.5) is 4.79 Å². The van der Waals surface area contributed by atoms with Crippen molar-refractivity contribution in [2.24, 2.45) is 0 Å². The van der Waals surface area contributed by atoms with Crippen LogP contribution in [0.5, 0.6) is 0 Å². The predicted molar refractivity (Wildman–Crippen MR) is 67.2 cm³/mol. The van der Waals surface area contributed by atoms with Gasteiger partial charge in [0.1, 0.15) is 0 Å². The molecule has 17 heavy (non-hydrogen) atoms. The summed E-state index contributed by atoms with van der Waals surface area (Å²) in [4.78, 5) is 13.1. The zero-order valence-corrected chi connectivity index (χ0v) is 11.1. The Balaban J connectivity index is 2.12. The topological polar surface area (TPSA) is 52.6 Å². The average Bonchev–Trinajstić information content (AvgIpc) is 2.13. The van der Waals surface area contributed by atoms with Crippen molar-refractivity contribution in [3.8, 4) is 0 Å². The second kappa shape index (κ2) is 4.48. The van der Waals surface area contributed by atoms with E-state index in [4.69, 9.17) is 0 Å². The highest BCUT2D eigenvalue weighted by Crippen LogP contribution is 2.31. The number of hydrogen-bond donors (Lipinski definition) is 2. The molecule has 2 aliphatic heterocycles. The van der Waals surface area contributed by atoms with E-state index >= 15 is 0 Å². The van der Waals surface area contributed by atoms with Crippen molar-refractivity contribution in [3.63, 3.8) is 0 Å². The van der Waals surface area contributed by atoms with Crippen LogP contribution in [0.2, 0.25) is 0 Å². The number of amides is 1. The van der Waals surface area contributed by atoms with Gasteiger partial charge in [0.25, 0.3) is 0 Å². The molecular weight excluding hydrogens is 216 g/mol. The molecule has 0 aromatic carbocycles. The lowest BCUT2D eigenvalue weighted by Crippen LogP contribution is -2.59. The van der Waals surface area contributed by atoms with Crippen molar-refractivity contribution >= 4 is 6.09 Å². The van der Waals surface area contributed by atoms with Gasteiger partial charge < -0.3 is 15.3 Å². The molecule has 2 rings (SSSR count). The molecule has 2 heterocycles. The summed E-state index contributed by atoms with van der Waals surface area (Å²) < 4.78 is 0. The van der Waals surface area contributed by atoms with Gasteiger partial charge in [-0.2, -0.15) is 0 Å². The summed E-state index contributed by atoms with van der Waals surface area (Å²) in [7, 11) is 0. The van der Waals surface area contributed by atoms with Crippen molar-refractivity contribution in [2.75, 3.05) is 0 Å². The van der Waals surface area contributed by atoms with Crippen molar-refractivity contribution in [2.45, 2.75) is 76.5 Å². The molecule has 2 fully saturated rings. The smallest absolute Gasteiger partial charge is 0.407 e. The molecule has 4 heteroatoms. The van der Waals surface area contributed by atoms with E-state index in [1.54, 1.807) is 4.90 Å². The van der Waals surface area contributed by atoms with Gasteiger partial charge in [-0.25, -0.2) is 4.79 Å². The number of nitrogens with one attached hydrogen (secondary N) is 1. The lowest BCUT2D eigenvalue weighted by atomic mass is 9.82. The van der Waals surface area contributed by atoms with Crippen LogP contribution < -0.4 is 5.32 Å². The summed E-state index contributed by atoms with van der Waals surface area (Å²) in [5.41, 5.74) is -0.303. The molecular formula is C13H24N2O2. The first-order valence-corrected chi connectivity index (χ1v) is 6.66. The number of piperidine rings is 2. The van der Waals surface area contributed by atoms with E-state index in [1.165, 1.54) is 19.3 Å². The molecule has 1 amide bonds. The molecule has 0 aliphatic carbocycles. The predicted octanol–water partition coefficient (Wildman–Crippen LogP) is 2.44. The zero-order valence-electron chi connectivity index (χ0n) is 11.1. The Hall–Kier alpha value is -0.770. The van der Waals surface area contributed by atoms with Crippen molar-refractivity contribution in [1.82, 2.24) is 10.2 Å². The minimum atomic E-state index is -0.775. The van der Waals surface area contributed by atoms with E-state index in [1.807, 2.05) is 20.8 Å². The van der Waals surface area contributed by atoms with E-state index in [2.05, 4.69) is 5.32 Å². The maximum atomic E-state index is 11.5. The van der Waals surface area contributed by atoms with Gasteiger partial charge in [0, 0.05) is 23.7 Å². The third-order valence-electron chi connectivity index (χ3n) is 3.98. The number of fused-ring (bicyclic) bond motifs is 2. The molecule has 0 radical (unpaired) electrons. The zero-order chi connectivity index (χ0) is 12.6. The van der Waals surface area contributed by atoms with Crippen molar-refractivity contribution in [3.05, 3.63) is 0 Å². The number of carbonyl (C=O) groups is 1. The number of rotatable bonds is 1. The summed E-state index contributed by atoms with van der Waals surface area (Å²) >= 11 is 0. The molecule has 98 valence electrons. The lowest BCUT2D eigenvalue weighted by molar-refractivity contribution is 0.0376. The van der Waals surface area contributed by atoms with Gasteiger partial charge in [-0.3, -0.25) is 0 Å². The van der Waals surface area contributed by atoms with Crippen LogP contribution in [0, 0.1) is 0 Å². The molecule has 2 atom stereocenters. The van der Waals surface area contributed by atoms with Gasteiger partial charge in [0.15, 0.2) is 0 Å². The Labute approximate surface area is 103 Å². The molecule has 2 aliphatic rings. The first kappa shape index (κ1) is 12.7. The van der Waals surface area contributed by atoms with Crippen LogP contribution in [-0.4, -0.2) is 39.8 Å². The number of nitrogens with zero attached hydrogens (tertiary/aromatic N) is 1. The summed E-state index contributed by atoms with van der Waals surface area (Å²) in [5.74, 6) is 0. The molecule has 0 saturated carbocycles. The second-order valence-electron chi connectivity index (χ2n) is 6.44. The maximum Gasteiger partial charge on any atom is 0.407 e. The van der Waals surface area contributed by atoms with E-state index in [0.29, 0.717) is 12.1 Å². The Kier molecular flexibility index (Phi) is 3.34. The molecule has 2 unspecified atom stereocenters. The molecule has 0 spiro atoms. The fourth-order valence-electron chi connectivity index (χ4n) is 3.44. The van der Waals surface area contributed by atoms with E-state index < -0.39 is 6.09 Å². The maximum absolute atomic E-state index is 11.5. The van der Waals surface area contributed by atoms with Gasteiger partial charge in [-0.15, -0.1) is 0 Å². The molecule has 0 aromatic heterocycles. The summed E-state index contributed by atoms with van der Waals surface area (Å²) in [6.45, 7) is 5.96. The SMILES string of the molecule is CC(C)(C)N(C(=O)O)C1CC2CCCC(C1)N2. The lowest BCUT2D eigenvalue weighted by Gasteiger charge is -2.47. The highest BCUT2D eigenvalue weighted by molar-refractivity contribution is 5.66. The Morgan fingerprint density at radius 2 is 1.76 bits per heavy atom. The molecule has 0 aromatic rings. The monoisotopic (exact) mass is 240 g/mol. The van der Waals surface area contributed by atoms with Gasteiger partial charge in [0.2, 0.25) is 0 Å². The number of hydrogen-bond acceptors (Lipinski definition) is 2. The Morgan fingerprint density at radius 3 is 2.18 bits per heavy atom. The van der Waals surface area contributed by atoms with Crippen LogP contribution >= 0.6 is 0 Å². The molecule has 2 saturated heterocycles. The van der Waals surface area contributed by atoms with Crippen LogP contribution in [0.1, 0.15) is 52.9 Å². The van der Waals surface area contributed by atoms with Gasteiger partial charge in [-0.05, 0) is 46.5 Å². The van der Waals surface area contributed by atoms with Crippen LogP contribution in [-0.2, 0) is 0 Å². The van der Waals surface area contributed by atoms with Crippen LogP contribution in [0.3, 0.4) is 0 Å². The largest absolute Gasteiger partial charge is 0.465 e. The molecule has 2 bridgehead atoms. The Morgan fingerprint density at radius 1 is 1.24 bits per heavy atom. The average molecular weight is 240 g/mol. The summed E-state index contributed by atoms with van der Waals surface area (Å²) in [6, 6.07) is 1.23. The van der Waals surface area contributed by atoms with Gasteiger partial charge in [-0.1, -0.05) is 6.42 Å². The second-order valence-corrected chi connectivity index (χ2v) is 6.44. The standard InChI is InChI=1S/C13H24N2O2/c1-13(2,3)15(12(16)17)11-7-9-5-4-6-10(8-11)14-9/h9-11,14H,4-8H2,1-3H3,(H,16,17). The Bertz CT molecular complexity index is 286. The van der Waals surface area contributed by atoms with Gasteiger partial charge in [0.05, 0.1) is 0 Å². The van der Waals surface area contributed by atoms with Crippen molar-refractivity contribution < 1.29 is 9.90 Å². The minimum Gasteiger partial charge on any atom is -0.465 e. The highest BCUT2D eigenvalue weighted by atomic mass is 16.4. The normalized spacial score (nSPS) is 33.2. The minimum absolute atomic E-state index is 0.184. The number of carboxylic acid groups (broad SMARTS) is 1. The first-order valence-electron chi connectivity index (χ1n) is 6.66. The van der Waals surface area contributed by atoms with E-state index in [0.717, 1.165) is 12.8 Å². The molecule has 2 N–H and O–H groups in total. The van der Waals surface area contributed by atoms with Crippen LogP contribution in [0.25, 0.3) is 0 Å². The van der Waals surface area contributed by atoms with E-state index in [-0.39, 0.29) is 11.6 Å². The molecule has 4 nitrogen and oxygen atoms in total. The van der Waals surface area contributed by atoms with Crippen LogP contribution in [0.15, 0.2) is 0 Å². The quantitative estimate of drug-likeness (QED) is 0.740. The first-order chi connectivity index (χ1) is 7.88. The fraction of sp³-hybridized carbons (Fsp3) is 0.923. The third kappa shape index (κ3) is 2.73. The summed E-state index contributed by atoms with van der Waals surface area (Å²) in [5, 5.41) is 13.0. The third-order valence-corrected chi connectivity index (χ3v) is 3.98. The fourth-order valence-corrected chi connectivity index (χ4v) is 3.44. The summed E-state index contributed by atoms with van der Waals surface area (Å²) in [6.07, 6.45) is 4.86. The van der Waals surface area contributed by atoms with Gasteiger partial charge >= 0.3 is 6.09 Å². The highest BCUT2D eigenvalue weighted by Gasteiger charge is 2.39. The van der Waals surface area contributed by atoms with Crippen molar-refractivity contribution in [1.29, 1.82) is 0 Å². The van der Waals surface area contributed by atoms with E-state index in [9.17, 15) is 9.90 Å².